The Balaban J connectivity index is 2.20. The molecule has 0 saturated carbocycles. The molecule has 0 fully saturated rings. The van der Waals surface area contributed by atoms with E-state index in [9.17, 15) is 0 Å². The van der Waals surface area contributed by atoms with Gasteiger partial charge in [0.1, 0.15) is 0 Å². The minimum atomic E-state index is -0.222. The van der Waals surface area contributed by atoms with Gasteiger partial charge in [0, 0.05) is 13.5 Å². The highest BCUT2D eigenvalue weighted by atomic mass is 16.5. The van der Waals surface area contributed by atoms with Crippen molar-refractivity contribution in [3.8, 4) is 0 Å². The number of rotatable bonds is 7. The van der Waals surface area contributed by atoms with E-state index in [0.717, 1.165) is 0 Å². The van der Waals surface area contributed by atoms with Gasteiger partial charge in [0.05, 0.1) is 25.9 Å². The molecule has 2 N–H and O–H groups in total. The fourth-order valence-electron chi connectivity index (χ4n) is 0.962. The molecule has 6 nitrogen and oxygen atoms in total. The zero-order valence-electron chi connectivity index (χ0n) is 9.10. The van der Waals surface area contributed by atoms with E-state index in [1.807, 2.05) is 0 Å². The van der Waals surface area contributed by atoms with E-state index < -0.39 is 0 Å². The van der Waals surface area contributed by atoms with Crippen molar-refractivity contribution in [1.82, 2.24) is 10.1 Å². The molecule has 0 radical (unpaired) electrons. The largest absolute Gasteiger partial charge is 0.382 e. The second-order valence-electron chi connectivity index (χ2n) is 3.19. The Morgan fingerprint density at radius 1 is 1.40 bits per heavy atom. The Labute approximate surface area is 88.7 Å². The number of hydrogen-bond donors (Lipinski definition) is 1. The van der Waals surface area contributed by atoms with Gasteiger partial charge in [-0.2, -0.15) is 4.98 Å². The molecule has 0 unspecified atom stereocenters. The van der Waals surface area contributed by atoms with Gasteiger partial charge in [-0.1, -0.05) is 5.16 Å². The van der Waals surface area contributed by atoms with Crippen LogP contribution in [0.3, 0.4) is 0 Å². The highest BCUT2D eigenvalue weighted by Gasteiger charge is 2.09. The Morgan fingerprint density at radius 3 is 2.80 bits per heavy atom. The summed E-state index contributed by atoms with van der Waals surface area (Å²) in [5, 5.41) is 3.78. The van der Waals surface area contributed by atoms with E-state index in [2.05, 4.69) is 10.1 Å². The molecule has 86 valence electrons. The number of hydrogen-bond acceptors (Lipinski definition) is 6. The maximum absolute atomic E-state index is 5.58. The predicted octanol–water partition coefficient (Wildman–Crippen LogP) is 0.295. The van der Waals surface area contributed by atoms with Crippen molar-refractivity contribution in [2.24, 2.45) is 5.73 Å². The summed E-state index contributed by atoms with van der Waals surface area (Å²) in [5.41, 5.74) is 5.58. The quantitative estimate of drug-likeness (QED) is 0.658. The topological polar surface area (TPSA) is 83.4 Å². The lowest BCUT2D eigenvalue weighted by molar-refractivity contribution is 0.0714. The maximum Gasteiger partial charge on any atom is 0.243 e. The zero-order valence-corrected chi connectivity index (χ0v) is 9.10. The number of nitrogens with zero attached hydrogens (tertiary/aromatic N) is 2. The molecule has 1 aromatic heterocycles. The summed E-state index contributed by atoms with van der Waals surface area (Å²) in [5.74, 6) is 1.08. The van der Waals surface area contributed by atoms with Crippen molar-refractivity contribution in [3.05, 3.63) is 11.7 Å². The lowest BCUT2D eigenvalue weighted by Gasteiger charge is -2.00. The summed E-state index contributed by atoms with van der Waals surface area (Å²) < 4.78 is 15.0. The van der Waals surface area contributed by atoms with Crippen LogP contribution in [-0.4, -0.2) is 37.1 Å². The number of aromatic nitrogens is 2. The van der Waals surface area contributed by atoms with Crippen LogP contribution in [0.15, 0.2) is 4.52 Å². The van der Waals surface area contributed by atoms with Crippen molar-refractivity contribution in [2.45, 2.75) is 19.4 Å². The molecule has 0 bridgehead atoms. The van der Waals surface area contributed by atoms with Crippen molar-refractivity contribution in [2.75, 3.05) is 26.9 Å². The van der Waals surface area contributed by atoms with Crippen molar-refractivity contribution in [1.29, 1.82) is 0 Å². The fourth-order valence-corrected chi connectivity index (χ4v) is 0.962. The first-order chi connectivity index (χ1) is 7.24. The molecule has 0 aliphatic rings. The fraction of sp³-hybridized carbons (Fsp3) is 0.778. The Bertz CT molecular complexity index is 275. The van der Waals surface area contributed by atoms with Gasteiger partial charge in [-0.3, -0.25) is 0 Å². The van der Waals surface area contributed by atoms with Crippen LogP contribution in [0.2, 0.25) is 0 Å². The summed E-state index contributed by atoms with van der Waals surface area (Å²) in [7, 11) is 1.64. The van der Waals surface area contributed by atoms with Crippen molar-refractivity contribution < 1.29 is 14.0 Å². The first kappa shape index (κ1) is 12.1. The van der Waals surface area contributed by atoms with Crippen molar-refractivity contribution >= 4 is 0 Å². The molecule has 1 heterocycles. The van der Waals surface area contributed by atoms with Gasteiger partial charge in [-0.05, 0) is 6.92 Å². The minimum absolute atomic E-state index is 0.222. The third-order valence-electron chi connectivity index (χ3n) is 1.78. The van der Waals surface area contributed by atoms with Gasteiger partial charge >= 0.3 is 0 Å². The molecular formula is C9H17N3O3. The standard InChI is InChI=1S/C9H17N3O3/c1-7(10)9-11-8(12-15-9)3-4-14-6-5-13-2/h7H,3-6,10H2,1-2H3/t7-/m0/s1. The van der Waals surface area contributed by atoms with Crippen LogP contribution >= 0.6 is 0 Å². The average molecular weight is 215 g/mol. The zero-order chi connectivity index (χ0) is 11.1. The van der Waals surface area contributed by atoms with E-state index in [-0.39, 0.29) is 6.04 Å². The minimum Gasteiger partial charge on any atom is -0.382 e. The second-order valence-corrected chi connectivity index (χ2v) is 3.19. The summed E-state index contributed by atoms with van der Waals surface area (Å²) in [4.78, 5) is 4.11. The van der Waals surface area contributed by atoms with Crippen LogP contribution in [0, 0.1) is 0 Å². The number of methoxy groups -OCH3 is 1. The van der Waals surface area contributed by atoms with E-state index in [1.165, 1.54) is 0 Å². The van der Waals surface area contributed by atoms with E-state index in [4.69, 9.17) is 19.7 Å². The van der Waals surface area contributed by atoms with Gasteiger partial charge in [-0.25, -0.2) is 0 Å². The summed E-state index contributed by atoms with van der Waals surface area (Å²) >= 11 is 0. The third-order valence-corrected chi connectivity index (χ3v) is 1.78. The molecule has 1 rings (SSSR count). The molecule has 0 aliphatic carbocycles. The Hall–Kier alpha value is -0.980. The third kappa shape index (κ3) is 4.37. The molecule has 0 aromatic carbocycles. The molecule has 1 atom stereocenters. The van der Waals surface area contributed by atoms with Gasteiger partial charge < -0.3 is 19.7 Å². The van der Waals surface area contributed by atoms with Crippen LogP contribution in [0.25, 0.3) is 0 Å². The van der Waals surface area contributed by atoms with Crippen LogP contribution in [0.4, 0.5) is 0 Å². The van der Waals surface area contributed by atoms with Gasteiger partial charge in [0.2, 0.25) is 5.89 Å². The number of ether oxygens (including phenoxy) is 2. The lowest BCUT2D eigenvalue weighted by atomic mass is 10.3. The van der Waals surface area contributed by atoms with E-state index >= 15 is 0 Å². The second kappa shape index (κ2) is 6.49. The SMILES string of the molecule is COCCOCCc1noc([C@H](C)N)n1. The van der Waals surface area contributed by atoms with Crippen LogP contribution in [0.5, 0.6) is 0 Å². The summed E-state index contributed by atoms with van der Waals surface area (Å²) in [6, 6.07) is -0.222. The molecule has 1 aromatic rings. The Morgan fingerprint density at radius 2 is 2.20 bits per heavy atom. The van der Waals surface area contributed by atoms with Crippen LogP contribution in [0.1, 0.15) is 24.7 Å². The maximum atomic E-state index is 5.58. The molecule has 0 aliphatic heterocycles. The molecular weight excluding hydrogens is 198 g/mol. The normalized spacial score (nSPS) is 13.0. The van der Waals surface area contributed by atoms with Crippen LogP contribution < -0.4 is 5.73 Å². The molecule has 0 spiro atoms. The first-order valence-electron chi connectivity index (χ1n) is 4.88. The average Bonchev–Trinajstić information content (AvgIpc) is 2.66. The van der Waals surface area contributed by atoms with Gasteiger partial charge in [0.15, 0.2) is 5.82 Å². The lowest BCUT2D eigenvalue weighted by Crippen LogP contribution is -2.07. The summed E-state index contributed by atoms with van der Waals surface area (Å²) in [6.45, 7) is 3.53. The highest BCUT2D eigenvalue weighted by Crippen LogP contribution is 2.05. The molecule has 6 heteroatoms. The van der Waals surface area contributed by atoms with E-state index in [1.54, 1.807) is 14.0 Å². The monoisotopic (exact) mass is 215 g/mol. The first-order valence-corrected chi connectivity index (χ1v) is 4.88. The Kier molecular flexibility index (Phi) is 5.23. The summed E-state index contributed by atoms with van der Waals surface area (Å²) in [6.07, 6.45) is 0.625. The molecule has 15 heavy (non-hydrogen) atoms. The van der Waals surface area contributed by atoms with Crippen LogP contribution in [-0.2, 0) is 15.9 Å². The highest BCUT2D eigenvalue weighted by molar-refractivity contribution is 4.90. The van der Waals surface area contributed by atoms with Crippen molar-refractivity contribution in [3.63, 3.8) is 0 Å². The predicted molar refractivity (Wildman–Crippen MR) is 53.3 cm³/mol. The molecule has 0 amide bonds. The van der Waals surface area contributed by atoms with Gasteiger partial charge in [0.25, 0.3) is 0 Å². The van der Waals surface area contributed by atoms with Gasteiger partial charge in [-0.15, -0.1) is 0 Å². The smallest absolute Gasteiger partial charge is 0.243 e. The number of nitrogens with two attached hydrogens (primary N) is 1. The molecule has 0 saturated heterocycles. The van der Waals surface area contributed by atoms with E-state index in [0.29, 0.717) is 38.0 Å².